The third-order valence-electron chi connectivity index (χ3n) is 1.70. The fourth-order valence-corrected chi connectivity index (χ4v) is 0.721. The van der Waals surface area contributed by atoms with E-state index in [0.717, 1.165) is 0 Å². The first-order valence-electron chi connectivity index (χ1n) is 4.38. The molecule has 0 fully saturated rings. The van der Waals surface area contributed by atoms with Gasteiger partial charge in [-0.25, -0.2) is 4.79 Å². The van der Waals surface area contributed by atoms with Crippen LogP contribution >= 0.6 is 0 Å². The molecule has 0 heterocycles. The molecule has 0 radical (unpaired) electrons. The van der Waals surface area contributed by atoms with Gasteiger partial charge >= 0.3 is 30.1 Å². The lowest BCUT2D eigenvalue weighted by Gasteiger charge is -2.32. The molecule has 0 N–H and O–H groups in total. The number of carbonyl (C=O) groups is 2. The van der Waals surface area contributed by atoms with Crippen molar-refractivity contribution in [2.24, 2.45) is 0 Å². The number of carboxylic acid groups (broad SMARTS) is 1. The molecule has 0 atom stereocenters. The first-order chi connectivity index (χ1) is 9.06. The number of esters is 1. The molecule has 0 saturated heterocycles. The number of hydrogen-bond acceptors (Lipinski definition) is 4. The van der Waals surface area contributed by atoms with E-state index in [9.17, 15) is 54.2 Å². The molecule has 0 rings (SSSR count). The van der Waals surface area contributed by atoms with Crippen molar-refractivity contribution in [1.82, 2.24) is 0 Å². The maximum absolute atomic E-state index is 12.6. The van der Waals surface area contributed by atoms with Gasteiger partial charge in [0.25, 0.3) is 0 Å². The first kappa shape index (κ1) is 19.1. The van der Waals surface area contributed by atoms with Crippen molar-refractivity contribution in [2.75, 3.05) is 0 Å². The van der Waals surface area contributed by atoms with Crippen molar-refractivity contribution in [1.29, 1.82) is 0 Å². The van der Waals surface area contributed by atoms with Gasteiger partial charge in [-0.1, -0.05) is 0 Å². The van der Waals surface area contributed by atoms with E-state index in [0.29, 0.717) is 0 Å². The second-order valence-corrected chi connectivity index (χ2v) is 3.24. The molecule has 0 unspecified atom stereocenters. The highest BCUT2D eigenvalue weighted by Gasteiger charge is 2.83. The van der Waals surface area contributed by atoms with E-state index < -0.39 is 42.1 Å². The monoisotopic (exact) mass is 333 g/mol. The zero-order valence-electron chi connectivity index (χ0n) is 9.19. The van der Waals surface area contributed by atoms with Gasteiger partial charge in [-0.15, -0.1) is 0 Å². The number of rotatable bonds is 5. The van der Waals surface area contributed by atoms with Crippen LogP contribution in [0.15, 0.2) is 12.2 Å². The summed E-state index contributed by atoms with van der Waals surface area (Å²) in [5, 5.41) is 9.75. The minimum Gasteiger partial charge on any atom is -0.545 e. The summed E-state index contributed by atoms with van der Waals surface area (Å²) in [7, 11) is 0. The Morgan fingerprint density at radius 2 is 1.24 bits per heavy atom. The van der Waals surface area contributed by atoms with Gasteiger partial charge in [-0.05, 0) is 6.08 Å². The third kappa shape index (κ3) is 3.78. The molecule has 0 aromatic rings. The zero-order valence-corrected chi connectivity index (χ0v) is 9.19. The van der Waals surface area contributed by atoms with Crippen LogP contribution in [-0.2, 0) is 14.3 Å². The Morgan fingerprint density at radius 1 is 0.810 bits per heavy atom. The van der Waals surface area contributed by atoms with E-state index in [2.05, 4.69) is 4.74 Å². The summed E-state index contributed by atoms with van der Waals surface area (Å²) in [6.07, 6.45) is -14.4. The second-order valence-electron chi connectivity index (χ2n) is 3.24. The Morgan fingerprint density at radius 3 is 1.57 bits per heavy atom. The zero-order chi connectivity index (χ0) is 17.3. The highest BCUT2D eigenvalue weighted by molar-refractivity contribution is 5.90. The lowest BCUT2D eigenvalue weighted by molar-refractivity contribution is -0.434. The molecule has 13 heteroatoms. The van der Waals surface area contributed by atoms with Gasteiger partial charge in [-0.2, -0.15) is 39.5 Å². The summed E-state index contributed by atoms with van der Waals surface area (Å²) in [6, 6.07) is 0. The normalized spacial score (nSPS) is 14.3. The molecule has 0 amide bonds. The van der Waals surface area contributed by atoms with Crippen LogP contribution in [0, 0.1) is 0 Å². The van der Waals surface area contributed by atoms with Crippen molar-refractivity contribution >= 4 is 11.9 Å². The SMILES string of the molecule is O=C([O-])/C=C\C(=O)OC(F)(F)C(F)(F)C(F)(F)C(F)(F)F. The van der Waals surface area contributed by atoms with Crippen molar-refractivity contribution < 1.29 is 58.9 Å². The number of alkyl halides is 9. The number of carboxylic acids is 1. The van der Waals surface area contributed by atoms with E-state index in [4.69, 9.17) is 0 Å². The molecule has 0 bridgehead atoms. The quantitative estimate of drug-likeness (QED) is 0.432. The Kier molecular flexibility index (Phi) is 4.94. The van der Waals surface area contributed by atoms with E-state index in [1.807, 2.05) is 0 Å². The number of halogens is 9. The number of carbonyl (C=O) groups excluding carboxylic acids is 2. The smallest absolute Gasteiger partial charge is 0.473 e. The summed E-state index contributed by atoms with van der Waals surface area (Å²) in [5.41, 5.74) is 0. The van der Waals surface area contributed by atoms with Crippen LogP contribution in [0.25, 0.3) is 0 Å². The van der Waals surface area contributed by atoms with Crippen LogP contribution in [-0.4, -0.2) is 36.1 Å². The molecule has 0 aliphatic carbocycles. The van der Waals surface area contributed by atoms with Crippen LogP contribution < -0.4 is 5.11 Å². The number of hydrogen-bond donors (Lipinski definition) is 0. The largest absolute Gasteiger partial charge is 0.545 e. The molecular formula is C8H2F9O4-. The average Bonchev–Trinajstić information content (AvgIpc) is 2.23. The van der Waals surface area contributed by atoms with E-state index >= 15 is 0 Å². The van der Waals surface area contributed by atoms with Crippen LogP contribution in [0.2, 0.25) is 0 Å². The lowest BCUT2D eigenvalue weighted by Crippen LogP contribution is -2.62. The highest BCUT2D eigenvalue weighted by Crippen LogP contribution is 2.53. The second kappa shape index (κ2) is 5.44. The van der Waals surface area contributed by atoms with Crippen LogP contribution in [0.3, 0.4) is 0 Å². The maximum Gasteiger partial charge on any atom is 0.473 e. The summed E-state index contributed by atoms with van der Waals surface area (Å²) in [4.78, 5) is 20.2. The van der Waals surface area contributed by atoms with Gasteiger partial charge in [0.15, 0.2) is 0 Å². The van der Waals surface area contributed by atoms with Crippen molar-refractivity contribution in [3.63, 3.8) is 0 Å². The summed E-state index contributed by atoms with van der Waals surface area (Å²) in [5.74, 6) is -19.1. The molecule has 0 spiro atoms. The van der Waals surface area contributed by atoms with Crippen molar-refractivity contribution in [3.8, 4) is 0 Å². The molecule has 0 saturated carbocycles. The van der Waals surface area contributed by atoms with E-state index in [-0.39, 0.29) is 6.08 Å². The summed E-state index contributed by atoms with van der Waals surface area (Å²) >= 11 is 0. The number of ether oxygens (including phenoxy) is 1. The van der Waals surface area contributed by atoms with Gasteiger partial charge in [0, 0.05) is 6.08 Å². The van der Waals surface area contributed by atoms with Crippen molar-refractivity contribution in [2.45, 2.75) is 24.1 Å². The van der Waals surface area contributed by atoms with E-state index in [1.165, 1.54) is 0 Å². The summed E-state index contributed by atoms with van der Waals surface area (Å²) in [6.45, 7) is 0. The van der Waals surface area contributed by atoms with Gasteiger partial charge in [0.2, 0.25) is 0 Å². The molecule has 122 valence electrons. The highest BCUT2D eigenvalue weighted by atomic mass is 19.4. The fraction of sp³-hybridized carbons (Fsp3) is 0.500. The molecule has 0 aliphatic heterocycles. The third-order valence-corrected chi connectivity index (χ3v) is 1.70. The standard InChI is InChI=1S/C8H3F9O4/c9-5(10,7(13,14)15)6(11,12)8(16,17)21-4(20)2-1-3(18)19/h1-2H,(H,18,19)/p-1/b2-1-. The van der Waals surface area contributed by atoms with Gasteiger partial charge in [-0.3, -0.25) is 0 Å². The Labute approximate surface area is 108 Å². The Bertz CT molecular complexity index is 451. The average molecular weight is 333 g/mol. The van der Waals surface area contributed by atoms with E-state index in [1.54, 1.807) is 0 Å². The van der Waals surface area contributed by atoms with Gasteiger partial charge in [0.1, 0.15) is 0 Å². The van der Waals surface area contributed by atoms with Crippen LogP contribution in [0.5, 0.6) is 0 Å². The maximum atomic E-state index is 12.6. The van der Waals surface area contributed by atoms with Crippen LogP contribution in [0.4, 0.5) is 39.5 Å². The minimum atomic E-state index is -7.22. The predicted molar refractivity (Wildman–Crippen MR) is 41.1 cm³/mol. The minimum absolute atomic E-state index is 0.307. The predicted octanol–water partition coefficient (Wildman–Crippen LogP) is 1.26. The Balaban J connectivity index is 5.40. The molecule has 21 heavy (non-hydrogen) atoms. The molecule has 0 aromatic carbocycles. The molecule has 0 aliphatic rings. The lowest BCUT2D eigenvalue weighted by atomic mass is 10.1. The van der Waals surface area contributed by atoms with Crippen molar-refractivity contribution in [3.05, 3.63) is 12.2 Å². The molecular weight excluding hydrogens is 331 g/mol. The molecule has 0 aromatic heterocycles. The Hall–Kier alpha value is -1.95. The topological polar surface area (TPSA) is 66.4 Å². The summed E-state index contributed by atoms with van der Waals surface area (Å²) < 4.78 is 112. The van der Waals surface area contributed by atoms with Gasteiger partial charge < -0.3 is 14.6 Å². The van der Waals surface area contributed by atoms with Gasteiger partial charge in [0.05, 0.1) is 5.97 Å². The van der Waals surface area contributed by atoms with Crippen LogP contribution in [0.1, 0.15) is 0 Å². The fourth-order valence-electron chi connectivity index (χ4n) is 0.721. The molecule has 4 nitrogen and oxygen atoms in total. The number of aliphatic carboxylic acids is 1. The first-order valence-corrected chi connectivity index (χ1v) is 4.38.